The molecule has 3 amide bonds. The van der Waals surface area contributed by atoms with Gasteiger partial charge in [-0.15, -0.1) is 6.58 Å². The minimum atomic E-state index is -0.533. The molecule has 0 aromatic carbocycles. The second-order valence-corrected chi connectivity index (χ2v) is 5.90. The van der Waals surface area contributed by atoms with Crippen molar-refractivity contribution in [3.8, 4) is 0 Å². The summed E-state index contributed by atoms with van der Waals surface area (Å²) < 4.78 is 0. The maximum Gasteiger partial charge on any atom is 0.251 e. The lowest BCUT2D eigenvalue weighted by atomic mass is 10.0. The van der Waals surface area contributed by atoms with Gasteiger partial charge in [-0.25, -0.2) is 0 Å². The quantitative estimate of drug-likeness (QED) is 0.383. The van der Waals surface area contributed by atoms with E-state index in [0.717, 1.165) is 30.6 Å². The molecule has 1 saturated heterocycles. The van der Waals surface area contributed by atoms with Gasteiger partial charge in [-0.05, 0) is 25.7 Å². The molecule has 0 radical (unpaired) electrons. The van der Waals surface area contributed by atoms with Gasteiger partial charge in [-0.3, -0.25) is 19.3 Å². The third-order valence-electron chi connectivity index (χ3n) is 4.05. The summed E-state index contributed by atoms with van der Waals surface area (Å²) in [4.78, 5) is 36.2. The van der Waals surface area contributed by atoms with Crippen molar-refractivity contribution in [3.05, 3.63) is 12.7 Å². The van der Waals surface area contributed by atoms with Crippen LogP contribution in [0, 0.1) is 0 Å². The van der Waals surface area contributed by atoms with E-state index < -0.39 is 6.04 Å². The van der Waals surface area contributed by atoms with E-state index in [9.17, 15) is 14.4 Å². The molecular weight excluding hydrogens is 280 g/mol. The first-order valence-corrected chi connectivity index (χ1v) is 8.27. The number of hydrogen-bond acceptors (Lipinski definition) is 3. The van der Waals surface area contributed by atoms with E-state index in [-0.39, 0.29) is 17.7 Å². The van der Waals surface area contributed by atoms with Crippen LogP contribution in [0.2, 0.25) is 0 Å². The molecule has 1 heterocycles. The van der Waals surface area contributed by atoms with Gasteiger partial charge < -0.3 is 5.32 Å². The van der Waals surface area contributed by atoms with Crippen LogP contribution in [0.25, 0.3) is 0 Å². The molecule has 0 aromatic rings. The first-order chi connectivity index (χ1) is 10.6. The fourth-order valence-electron chi connectivity index (χ4n) is 2.60. The lowest BCUT2D eigenvalue weighted by Crippen LogP contribution is -2.52. The van der Waals surface area contributed by atoms with Crippen molar-refractivity contribution in [1.29, 1.82) is 0 Å². The lowest BCUT2D eigenvalue weighted by Gasteiger charge is -2.28. The summed E-state index contributed by atoms with van der Waals surface area (Å²) in [5.41, 5.74) is 0. The van der Waals surface area contributed by atoms with Crippen molar-refractivity contribution in [2.75, 3.05) is 7.05 Å². The Morgan fingerprint density at radius 3 is 2.55 bits per heavy atom. The van der Waals surface area contributed by atoms with Crippen molar-refractivity contribution < 1.29 is 14.4 Å². The van der Waals surface area contributed by atoms with Crippen molar-refractivity contribution >= 4 is 17.7 Å². The molecule has 0 unspecified atom stereocenters. The van der Waals surface area contributed by atoms with Crippen molar-refractivity contribution in [2.24, 2.45) is 0 Å². The SMILES string of the molecule is C=CCCCCCCCCC(=O)N[C@H]1CCC(=O)N(C)C1=O. The summed E-state index contributed by atoms with van der Waals surface area (Å²) in [6, 6.07) is -0.533. The van der Waals surface area contributed by atoms with Gasteiger partial charge >= 0.3 is 0 Å². The number of nitrogens with one attached hydrogen (secondary N) is 1. The van der Waals surface area contributed by atoms with Crippen LogP contribution in [0.15, 0.2) is 12.7 Å². The number of imide groups is 1. The number of carbonyl (C=O) groups excluding carboxylic acids is 3. The highest BCUT2D eigenvalue weighted by Gasteiger charge is 2.32. The number of unbranched alkanes of at least 4 members (excludes halogenated alkanes) is 6. The molecule has 22 heavy (non-hydrogen) atoms. The van der Waals surface area contributed by atoms with Crippen molar-refractivity contribution in [2.45, 2.75) is 70.3 Å². The van der Waals surface area contributed by atoms with Crippen molar-refractivity contribution in [1.82, 2.24) is 10.2 Å². The van der Waals surface area contributed by atoms with E-state index >= 15 is 0 Å². The monoisotopic (exact) mass is 308 g/mol. The number of hydrogen-bond donors (Lipinski definition) is 1. The Hall–Kier alpha value is -1.65. The summed E-state index contributed by atoms with van der Waals surface area (Å²) in [7, 11) is 1.47. The standard InChI is InChI=1S/C17H28N2O3/c1-3-4-5-6-7-8-9-10-11-15(20)18-14-12-13-16(21)19(2)17(14)22/h3,14H,1,4-13H2,2H3,(H,18,20)/t14-/m0/s1. The Kier molecular flexibility index (Phi) is 8.48. The molecule has 1 atom stereocenters. The fraction of sp³-hybridized carbons (Fsp3) is 0.706. The first-order valence-electron chi connectivity index (χ1n) is 8.27. The number of allylic oxidation sites excluding steroid dienone is 1. The van der Waals surface area contributed by atoms with E-state index in [1.54, 1.807) is 0 Å². The Bertz CT molecular complexity index is 407. The molecule has 0 bridgehead atoms. The third kappa shape index (κ3) is 6.41. The number of amides is 3. The predicted octanol–water partition coefficient (Wildman–Crippen LogP) is 2.56. The second-order valence-electron chi connectivity index (χ2n) is 5.90. The number of nitrogens with zero attached hydrogens (tertiary/aromatic N) is 1. The van der Waals surface area contributed by atoms with Gasteiger partial charge in [-0.2, -0.15) is 0 Å². The van der Waals surface area contributed by atoms with E-state index in [0.29, 0.717) is 19.3 Å². The molecule has 1 aliphatic heterocycles. The molecule has 5 heteroatoms. The molecule has 0 aliphatic carbocycles. The van der Waals surface area contributed by atoms with E-state index in [2.05, 4.69) is 11.9 Å². The molecule has 124 valence electrons. The predicted molar refractivity (Wildman–Crippen MR) is 86.1 cm³/mol. The van der Waals surface area contributed by atoms with Gasteiger partial charge in [0.1, 0.15) is 6.04 Å². The molecule has 5 nitrogen and oxygen atoms in total. The van der Waals surface area contributed by atoms with Crippen LogP contribution in [0.3, 0.4) is 0 Å². The second kappa shape index (κ2) is 10.1. The molecule has 1 fully saturated rings. The minimum absolute atomic E-state index is 0.0900. The largest absolute Gasteiger partial charge is 0.344 e. The number of carbonyl (C=O) groups is 3. The number of likely N-dealkylation sites (N-methyl/N-ethyl adjacent to an activating group) is 1. The number of rotatable bonds is 10. The van der Waals surface area contributed by atoms with E-state index in [4.69, 9.17) is 0 Å². The zero-order valence-corrected chi connectivity index (χ0v) is 13.6. The third-order valence-corrected chi connectivity index (χ3v) is 4.05. The summed E-state index contributed by atoms with van der Waals surface area (Å²) in [5.74, 6) is -0.563. The summed E-state index contributed by atoms with van der Waals surface area (Å²) in [6.45, 7) is 3.70. The highest BCUT2D eigenvalue weighted by Crippen LogP contribution is 2.12. The maximum atomic E-state index is 11.9. The maximum absolute atomic E-state index is 11.9. The summed E-state index contributed by atoms with van der Waals surface area (Å²) in [6.07, 6.45) is 10.9. The van der Waals surface area contributed by atoms with Crippen LogP contribution in [-0.4, -0.2) is 35.7 Å². The van der Waals surface area contributed by atoms with Gasteiger partial charge in [0.15, 0.2) is 0 Å². The van der Waals surface area contributed by atoms with Gasteiger partial charge in [0.2, 0.25) is 11.8 Å². The van der Waals surface area contributed by atoms with Crippen LogP contribution in [-0.2, 0) is 14.4 Å². The summed E-state index contributed by atoms with van der Waals surface area (Å²) in [5, 5.41) is 2.74. The minimum Gasteiger partial charge on any atom is -0.344 e. The Morgan fingerprint density at radius 2 is 1.86 bits per heavy atom. The Labute approximate surface area is 133 Å². The molecule has 0 aromatic heterocycles. The highest BCUT2D eigenvalue weighted by atomic mass is 16.2. The molecule has 1 N–H and O–H groups in total. The van der Waals surface area contributed by atoms with Crippen LogP contribution < -0.4 is 5.32 Å². The smallest absolute Gasteiger partial charge is 0.251 e. The number of piperidine rings is 1. The lowest BCUT2D eigenvalue weighted by molar-refractivity contribution is -0.149. The van der Waals surface area contributed by atoms with Crippen molar-refractivity contribution in [3.63, 3.8) is 0 Å². The molecule has 1 aliphatic rings. The Morgan fingerprint density at radius 1 is 1.23 bits per heavy atom. The highest BCUT2D eigenvalue weighted by molar-refractivity contribution is 6.01. The van der Waals surface area contributed by atoms with Gasteiger partial charge in [0, 0.05) is 19.9 Å². The van der Waals surface area contributed by atoms with E-state index in [1.165, 1.54) is 26.3 Å². The molecule has 0 spiro atoms. The molecule has 0 saturated carbocycles. The van der Waals surface area contributed by atoms with Crippen LogP contribution >= 0.6 is 0 Å². The van der Waals surface area contributed by atoms with Crippen LogP contribution in [0.5, 0.6) is 0 Å². The number of likely N-dealkylation sites (tertiary alicyclic amines) is 1. The fourth-order valence-corrected chi connectivity index (χ4v) is 2.60. The van der Waals surface area contributed by atoms with Crippen LogP contribution in [0.4, 0.5) is 0 Å². The normalized spacial score (nSPS) is 18.4. The van der Waals surface area contributed by atoms with Crippen LogP contribution in [0.1, 0.15) is 64.2 Å². The van der Waals surface area contributed by atoms with Gasteiger partial charge in [0.25, 0.3) is 5.91 Å². The summed E-state index contributed by atoms with van der Waals surface area (Å²) >= 11 is 0. The average molecular weight is 308 g/mol. The van der Waals surface area contributed by atoms with E-state index in [1.807, 2.05) is 6.08 Å². The zero-order chi connectivity index (χ0) is 16.4. The average Bonchev–Trinajstić information content (AvgIpc) is 2.50. The topological polar surface area (TPSA) is 66.5 Å². The first kappa shape index (κ1) is 18.4. The molecule has 1 rings (SSSR count). The van der Waals surface area contributed by atoms with Gasteiger partial charge in [-0.1, -0.05) is 31.8 Å². The molecular formula is C17H28N2O3. The van der Waals surface area contributed by atoms with Gasteiger partial charge in [0.05, 0.1) is 0 Å². The Balaban J connectivity index is 2.10. The zero-order valence-electron chi connectivity index (χ0n) is 13.6.